The van der Waals surface area contributed by atoms with Gasteiger partial charge in [0.1, 0.15) is 11.6 Å². The van der Waals surface area contributed by atoms with Crippen LogP contribution in [-0.2, 0) is 6.42 Å². The van der Waals surface area contributed by atoms with Gasteiger partial charge in [-0.25, -0.2) is 13.2 Å². The highest BCUT2D eigenvalue weighted by molar-refractivity contribution is 5.97. The highest BCUT2D eigenvalue weighted by atomic mass is 19.1. The minimum absolute atomic E-state index is 0.101. The zero-order valence-electron chi connectivity index (χ0n) is 9.16. The van der Waals surface area contributed by atoms with Gasteiger partial charge in [0.25, 0.3) is 0 Å². The van der Waals surface area contributed by atoms with Crippen LogP contribution in [0.5, 0.6) is 0 Å². The molecule has 0 radical (unpaired) electrons. The third-order valence-electron chi connectivity index (χ3n) is 2.43. The highest BCUT2D eigenvalue weighted by Crippen LogP contribution is 2.14. The van der Waals surface area contributed by atoms with Gasteiger partial charge in [0.05, 0.1) is 11.8 Å². The molecule has 0 spiro atoms. The molecule has 2 rings (SSSR count). The van der Waals surface area contributed by atoms with Crippen LogP contribution in [0.2, 0.25) is 0 Å². The molecule has 0 unspecified atom stereocenters. The topological polar surface area (TPSA) is 30.0 Å². The molecule has 0 aliphatic carbocycles. The van der Waals surface area contributed by atoms with Gasteiger partial charge in [-0.2, -0.15) is 0 Å². The van der Waals surface area contributed by atoms with E-state index in [1.165, 1.54) is 12.3 Å². The van der Waals surface area contributed by atoms with Crippen LogP contribution in [0.1, 0.15) is 15.9 Å². The lowest BCUT2D eigenvalue weighted by atomic mass is 10.0. The second-order valence-corrected chi connectivity index (χ2v) is 3.69. The third-order valence-corrected chi connectivity index (χ3v) is 2.43. The van der Waals surface area contributed by atoms with Gasteiger partial charge in [-0.3, -0.25) is 9.78 Å². The van der Waals surface area contributed by atoms with Crippen molar-refractivity contribution in [2.45, 2.75) is 6.42 Å². The van der Waals surface area contributed by atoms with Crippen molar-refractivity contribution in [3.05, 3.63) is 65.2 Å². The van der Waals surface area contributed by atoms with E-state index in [4.69, 9.17) is 0 Å². The van der Waals surface area contributed by atoms with Gasteiger partial charge >= 0.3 is 0 Å². The molecule has 0 saturated carbocycles. The van der Waals surface area contributed by atoms with Crippen LogP contribution in [0.15, 0.2) is 36.7 Å². The van der Waals surface area contributed by atoms with Gasteiger partial charge < -0.3 is 0 Å². The molecule has 2 nitrogen and oxygen atoms in total. The smallest absolute Gasteiger partial charge is 0.170 e. The van der Waals surface area contributed by atoms with E-state index >= 15 is 0 Å². The van der Waals surface area contributed by atoms with Crippen molar-refractivity contribution < 1.29 is 18.0 Å². The summed E-state index contributed by atoms with van der Waals surface area (Å²) >= 11 is 0. The monoisotopic (exact) mass is 251 g/mol. The van der Waals surface area contributed by atoms with Gasteiger partial charge in [-0.1, -0.05) is 0 Å². The first-order chi connectivity index (χ1) is 8.58. The van der Waals surface area contributed by atoms with Crippen LogP contribution in [-0.4, -0.2) is 10.8 Å². The standard InChI is InChI=1S/C13H8F3NO/c14-9-1-2-11(15)8(5-9)6-13(18)10-3-4-17-7-12(10)16/h1-5,7H,6H2. The van der Waals surface area contributed by atoms with E-state index in [0.717, 1.165) is 24.4 Å². The van der Waals surface area contributed by atoms with Crippen molar-refractivity contribution in [2.24, 2.45) is 0 Å². The van der Waals surface area contributed by atoms with E-state index in [-0.39, 0.29) is 11.1 Å². The largest absolute Gasteiger partial charge is 0.294 e. The lowest BCUT2D eigenvalue weighted by molar-refractivity contribution is 0.0987. The molecule has 0 aliphatic heterocycles. The molecule has 92 valence electrons. The molecule has 1 heterocycles. The molecule has 0 saturated heterocycles. The average Bonchev–Trinajstić information content (AvgIpc) is 2.34. The maximum atomic E-state index is 13.3. The van der Waals surface area contributed by atoms with E-state index in [0.29, 0.717) is 0 Å². The molecular formula is C13H8F3NO. The lowest BCUT2D eigenvalue weighted by Gasteiger charge is -2.04. The molecule has 0 bridgehead atoms. The van der Waals surface area contributed by atoms with Crippen molar-refractivity contribution in [3.63, 3.8) is 0 Å². The van der Waals surface area contributed by atoms with E-state index in [9.17, 15) is 18.0 Å². The van der Waals surface area contributed by atoms with Crippen molar-refractivity contribution >= 4 is 5.78 Å². The molecule has 1 aromatic carbocycles. The number of pyridine rings is 1. The summed E-state index contributed by atoms with van der Waals surface area (Å²) in [6.45, 7) is 0. The summed E-state index contributed by atoms with van der Waals surface area (Å²) in [5, 5.41) is 0. The molecular weight excluding hydrogens is 243 g/mol. The Morgan fingerprint density at radius 3 is 2.61 bits per heavy atom. The molecule has 0 amide bonds. The van der Waals surface area contributed by atoms with E-state index in [1.54, 1.807) is 0 Å². The number of benzene rings is 1. The van der Waals surface area contributed by atoms with Crippen LogP contribution in [0.3, 0.4) is 0 Å². The van der Waals surface area contributed by atoms with Crippen LogP contribution < -0.4 is 0 Å². The Morgan fingerprint density at radius 1 is 1.11 bits per heavy atom. The maximum Gasteiger partial charge on any atom is 0.170 e. The number of aromatic nitrogens is 1. The quantitative estimate of drug-likeness (QED) is 0.785. The molecule has 5 heteroatoms. The predicted octanol–water partition coefficient (Wildman–Crippen LogP) is 2.92. The van der Waals surface area contributed by atoms with Gasteiger partial charge in [0, 0.05) is 12.6 Å². The fraction of sp³-hybridized carbons (Fsp3) is 0.0769. The summed E-state index contributed by atoms with van der Waals surface area (Å²) < 4.78 is 39.5. The van der Waals surface area contributed by atoms with Crippen molar-refractivity contribution in [1.82, 2.24) is 4.98 Å². The average molecular weight is 251 g/mol. The normalized spacial score (nSPS) is 10.4. The molecule has 0 N–H and O–H groups in total. The molecule has 0 atom stereocenters. The number of ketones is 1. The summed E-state index contributed by atoms with van der Waals surface area (Å²) in [5.41, 5.74) is -0.287. The first-order valence-corrected chi connectivity index (χ1v) is 5.14. The second kappa shape index (κ2) is 5.00. The van der Waals surface area contributed by atoms with Gasteiger partial charge in [-0.05, 0) is 29.8 Å². The number of carbonyl (C=O) groups excluding carboxylic acids is 1. The van der Waals surface area contributed by atoms with Crippen LogP contribution >= 0.6 is 0 Å². The van der Waals surface area contributed by atoms with Crippen molar-refractivity contribution in [2.75, 3.05) is 0 Å². The molecule has 18 heavy (non-hydrogen) atoms. The van der Waals surface area contributed by atoms with Crippen LogP contribution in [0.25, 0.3) is 0 Å². The Morgan fingerprint density at radius 2 is 1.89 bits per heavy atom. The van der Waals surface area contributed by atoms with E-state index in [1.807, 2.05) is 0 Å². The summed E-state index contributed by atoms with van der Waals surface area (Å²) in [6.07, 6.45) is 1.76. The second-order valence-electron chi connectivity index (χ2n) is 3.69. The molecule has 0 fully saturated rings. The van der Waals surface area contributed by atoms with Crippen LogP contribution in [0, 0.1) is 17.5 Å². The van der Waals surface area contributed by atoms with Crippen molar-refractivity contribution in [3.8, 4) is 0 Å². The Kier molecular flexibility index (Phi) is 3.41. The van der Waals surface area contributed by atoms with Gasteiger partial charge in [0.2, 0.25) is 0 Å². The fourth-order valence-corrected chi connectivity index (χ4v) is 1.55. The minimum atomic E-state index is -0.778. The SMILES string of the molecule is O=C(Cc1cc(F)ccc1F)c1ccncc1F. The summed E-state index contributed by atoms with van der Waals surface area (Å²) in [7, 11) is 0. The summed E-state index contributed by atoms with van der Waals surface area (Å²) in [5.74, 6) is -2.74. The van der Waals surface area contributed by atoms with E-state index < -0.39 is 29.7 Å². The van der Waals surface area contributed by atoms with Gasteiger partial charge in [-0.15, -0.1) is 0 Å². The van der Waals surface area contributed by atoms with Crippen molar-refractivity contribution in [1.29, 1.82) is 0 Å². The van der Waals surface area contributed by atoms with Gasteiger partial charge in [0.15, 0.2) is 11.6 Å². The first kappa shape index (κ1) is 12.3. The fourth-order valence-electron chi connectivity index (χ4n) is 1.55. The Hall–Kier alpha value is -2.17. The zero-order valence-corrected chi connectivity index (χ0v) is 9.16. The zero-order chi connectivity index (χ0) is 13.1. The molecule has 2 aromatic rings. The minimum Gasteiger partial charge on any atom is -0.294 e. The Labute approximate surface area is 101 Å². The predicted molar refractivity (Wildman–Crippen MR) is 58.6 cm³/mol. The lowest BCUT2D eigenvalue weighted by Crippen LogP contribution is -2.08. The first-order valence-electron chi connectivity index (χ1n) is 5.14. The Balaban J connectivity index is 2.27. The number of hydrogen-bond acceptors (Lipinski definition) is 2. The summed E-state index contributed by atoms with van der Waals surface area (Å²) in [4.78, 5) is 15.2. The summed E-state index contributed by atoms with van der Waals surface area (Å²) in [6, 6.07) is 4.01. The Bertz CT molecular complexity index is 599. The number of carbonyl (C=O) groups is 1. The molecule has 1 aromatic heterocycles. The van der Waals surface area contributed by atoms with Crippen LogP contribution in [0.4, 0.5) is 13.2 Å². The highest BCUT2D eigenvalue weighted by Gasteiger charge is 2.14. The number of hydrogen-bond donors (Lipinski definition) is 0. The number of nitrogens with zero attached hydrogens (tertiary/aromatic N) is 1. The number of rotatable bonds is 3. The number of halogens is 3. The number of Topliss-reactive ketones (excluding diaryl/α,β-unsaturated/α-hetero) is 1. The maximum absolute atomic E-state index is 13.3. The molecule has 0 aliphatic rings. The third kappa shape index (κ3) is 2.56. The van der Waals surface area contributed by atoms with E-state index in [2.05, 4.69) is 4.98 Å².